The summed E-state index contributed by atoms with van der Waals surface area (Å²) >= 11 is 0. The Kier molecular flexibility index (Phi) is 11.4. The van der Waals surface area contributed by atoms with Crippen LogP contribution in [0.25, 0.3) is 44.4 Å². The molecule has 13 heteroatoms. The first-order valence-electron chi connectivity index (χ1n) is 15.7. The molecule has 0 saturated heterocycles. The Balaban J connectivity index is 0.00000541. The van der Waals surface area contributed by atoms with Crippen LogP contribution in [0.3, 0.4) is 0 Å². The van der Waals surface area contributed by atoms with Gasteiger partial charge in [0, 0.05) is 47.8 Å². The van der Waals surface area contributed by atoms with Crippen LogP contribution in [0.15, 0.2) is 24.3 Å². The average molecular weight is 761 g/mol. The molecule has 0 atom stereocenters. The van der Waals surface area contributed by atoms with Gasteiger partial charge in [0.1, 0.15) is 0 Å². The molecule has 12 nitrogen and oxygen atoms in total. The van der Waals surface area contributed by atoms with E-state index in [0.717, 1.165) is 44.5 Å². The van der Waals surface area contributed by atoms with Gasteiger partial charge in [-0.15, -0.1) is 0 Å². The molecular formula is C36H38N4O8Pd+2. The molecule has 3 aromatic heterocycles. The summed E-state index contributed by atoms with van der Waals surface area (Å²) in [6, 6.07) is 7.40. The number of rotatable bonds is 12. The Morgan fingerprint density at radius 3 is 1.31 bits per heavy atom. The minimum absolute atomic E-state index is 0. The zero-order valence-electron chi connectivity index (χ0n) is 27.6. The number of carboxylic acids is 4. The number of carboxylic acid groups (broad SMARTS) is 4. The van der Waals surface area contributed by atoms with Gasteiger partial charge < -0.3 is 30.4 Å². The summed E-state index contributed by atoms with van der Waals surface area (Å²) < 4.78 is 0. The van der Waals surface area contributed by atoms with E-state index in [2.05, 4.69) is 9.97 Å². The predicted molar refractivity (Wildman–Crippen MR) is 181 cm³/mol. The monoisotopic (exact) mass is 760 g/mol. The molecule has 258 valence electrons. The molecule has 0 saturated carbocycles. The summed E-state index contributed by atoms with van der Waals surface area (Å²) in [7, 11) is 0. The number of aromatic amines is 2. The Bertz CT molecular complexity index is 2100. The van der Waals surface area contributed by atoms with Gasteiger partial charge in [-0.05, 0) is 122 Å². The topological polar surface area (TPSA) is 207 Å². The fraction of sp³-hybridized carbons (Fsp3) is 0.333. The van der Waals surface area contributed by atoms with Gasteiger partial charge >= 0.3 is 44.3 Å². The number of fused-ring (bicyclic) bond motifs is 8. The SMILES string of the molecule is CC1=C(CCC(=O)O)c2cc3nc(cc4[nH]c(cc5[nH]c(cc1n2)c(CCC(=O)O)c5C)c(CCC(=O)O)c4C)C(CCC(=O)O)=C3C.[Pd+2]. The molecule has 0 radical (unpaired) electrons. The normalized spacial score (nSPS) is 12.7. The largest absolute Gasteiger partial charge is 2.00 e. The van der Waals surface area contributed by atoms with Crippen molar-refractivity contribution in [1.82, 2.24) is 19.9 Å². The van der Waals surface area contributed by atoms with E-state index in [9.17, 15) is 39.6 Å². The van der Waals surface area contributed by atoms with Gasteiger partial charge in [0.25, 0.3) is 0 Å². The minimum atomic E-state index is -0.944. The molecule has 0 spiro atoms. The van der Waals surface area contributed by atoms with Gasteiger partial charge in [0.05, 0.1) is 22.8 Å². The second-order valence-electron chi connectivity index (χ2n) is 12.2. The van der Waals surface area contributed by atoms with E-state index in [-0.39, 0.29) is 71.8 Å². The second kappa shape index (κ2) is 15.1. The molecule has 0 aromatic carbocycles. The number of hydrogen-bond donors (Lipinski definition) is 6. The van der Waals surface area contributed by atoms with Crippen molar-refractivity contribution in [3.8, 4) is 0 Å². The number of carbonyl (C=O) groups is 4. The number of nitrogens with one attached hydrogen (secondary N) is 2. The summed E-state index contributed by atoms with van der Waals surface area (Å²) in [6.45, 7) is 7.55. The average Bonchev–Trinajstić information content (AvgIpc) is 3.66. The molecule has 5 heterocycles. The molecule has 0 aliphatic carbocycles. The Hall–Kier alpha value is -4.86. The number of aliphatic carboxylic acids is 4. The van der Waals surface area contributed by atoms with Gasteiger partial charge in [-0.3, -0.25) is 19.2 Å². The van der Waals surface area contributed by atoms with E-state index in [1.807, 2.05) is 45.9 Å². The Morgan fingerprint density at radius 2 is 0.857 bits per heavy atom. The maximum absolute atomic E-state index is 11.6. The van der Waals surface area contributed by atoms with E-state index < -0.39 is 23.9 Å². The van der Waals surface area contributed by atoms with E-state index in [1.54, 1.807) is 6.07 Å². The minimum Gasteiger partial charge on any atom is -0.481 e. The van der Waals surface area contributed by atoms with Crippen LogP contribution in [0, 0.1) is 13.8 Å². The molecule has 0 unspecified atom stereocenters. The fourth-order valence-corrected chi connectivity index (χ4v) is 6.42. The van der Waals surface area contributed by atoms with Crippen LogP contribution >= 0.6 is 0 Å². The Morgan fingerprint density at radius 1 is 0.510 bits per heavy atom. The van der Waals surface area contributed by atoms with Crippen molar-refractivity contribution in [2.75, 3.05) is 0 Å². The first kappa shape index (κ1) is 37.0. The van der Waals surface area contributed by atoms with Crippen molar-refractivity contribution >= 4 is 68.2 Å². The zero-order chi connectivity index (χ0) is 34.9. The van der Waals surface area contributed by atoms with Gasteiger partial charge in [0.2, 0.25) is 0 Å². The van der Waals surface area contributed by atoms with Crippen molar-refractivity contribution < 1.29 is 60.0 Å². The quantitative estimate of drug-likeness (QED) is 0.110. The van der Waals surface area contributed by atoms with Crippen molar-refractivity contribution in [3.63, 3.8) is 0 Å². The van der Waals surface area contributed by atoms with Gasteiger partial charge in [-0.1, -0.05) is 0 Å². The third-order valence-electron chi connectivity index (χ3n) is 9.16. The van der Waals surface area contributed by atoms with Crippen molar-refractivity contribution in [2.24, 2.45) is 0 Å². The summed E-state index contributed by atoms with van der Waals surface area (Å²) in [5, 5.41) is 38.0. The van der Waals surface area contributed by atoms with E-state index in [1.165, 1.54) is 0 Å². The first-order chi connectivity index (χ1) is 22.7. The maximum atomic E-state index is 11.6. The van der Waals surface area contributed by atoms with E-state index in [0.29, 0.717) is 44.8 Å². The Labute approximate surface area is 295 Å². The number of hydrogen-bond acceptors (Lipinski definition) is 6. The molecule has 0 fully saturated rings. The van der Waals surface area contributed by atoms with Gasteiger partial charge in [0.15, 0.2) is 0 Å². The van der Waals surface area contributed by atoms with Crippen LogP contribution in [0.5, 0.6) is 0 Å². The first-order valence-corrected chi connectivity index (χ1v) is 15.7. The van der Waals surface area contributed by atoms with E-state index in [4.69, 9.17) is 9.97 Å². The standard InChI is InChI=1S/C36H38N4O8.Pd/c1-17-21(5-9-33(41)42)29-14-26-19(3)23(7-11-35(45)46)31(39-26)16-28-20(4)24(8-12-36(47)48)32(40-28)15-27-18(2)22(6-10-34(43)44)30(38-27)13-25(17)37-29;/h13-16,37-38H,5-12H2,1-4H3,(H,41,42)(H,43,44)(H,45,46)(H,47,48);/q;+2. The molecule has 5 rings (SSSR count). The summed E-state index contributed by atoms with van der Waals surface area (Å²) in [6.07, 6.45) is 0.606. The summed E-state index contributed by atoms with van der Waals surface area (Å²) in [5.74, 6) is -3.75. The second-order valence-corrected chi connectivity index (χ2v) is 12.2. The van der Waals surface area contributed by atoms with Crippen LogP contribution in [-0.2, 0) is 52.4 Å². The number of allylic oxidation sites excluding steroid dienone is 4. The zero-order valence-corrected chi connectivity index (χ0v) is 29.2. The third kappa shape index (κ3) is 8.07. The molecule has 3 aromatic rings. The molecule has 2 aliphatic rings. The van der Waals surface area contributed by atoms with Crippen LogP contribution in [-0.4, -0.2) is 64.2 Å². The number of H-pyrrole nitrogens is 2. The molecule has 2 aliphatic heterocycles. The van der Waals surface area contributed by atoms with Gasteiger partial charge in [-0.25, -0.2) is 9.97 Å². The molecular weight excluding hydrogens is 723 g/mol. The molecule has 8 bridgehead atoms. The fourth-order valence-electron chi connectivity index (χ4n) is 6.42. The number of aromatic nitrogens is 4. The summed E-state index contributed by atoms with van der Waals surface area (Å²) in [4.78, 5) is 63.1. The van der Waals surface area contributed by atoms with Crippen LogP contribution < -0.4 is 0 Å². The maximum Gasteiger partial charge on any atom is 2.00 e. The predicted octanol–water partition coefficient (Wildman–Crippen LogP) is 6.55. The number of aryl methyl sites for hydroxylation is 4. The molecule has 6 N–H and O–H groups in total. The number of nitrogens with zero attached hydrogens (tertiary/aromatic N) is 2. The van der Waals surface area contributed by atoms with E-state index >= 15 is 0 Å². The van der Waals surface area contributed by atoms with Crippen molar-refractivity contribution in [1.29, 1.82) is 0 Å². The van der Waals surface area contributed by atoms with Gasteiger partial charge in [-0.2, -0.15) is 0 Å². The molecule has 0 amide bonds. The third-order valence-corrected chi connectivity index (χ3v) is 9.16. The van der Waals surface area contributed by atoms with Crippen LogP contribution in [0.2, 0.25) is 0 Å². The van der Waals surface area contributed by atoms with Crippen LogP contribution in [0.4, 0.5) is 0 Å². The van der Waals surface area contributed by atoms with Crippen LogP contribution in [0.1, 0.15) is 97.4 Å². The summed E-state index contributed by atoms with van der Waals surface area (Å²) in [5.41, 5.74) is 11.4. The smallest absolute Gasteiger partial charge is 0.481 e. The van der Waals surface area contributed by atoms with Crippen molar-refractivity contribution in [2.45, 2.75) is 79.1 Å². The molecule has 49 heavy (non-hydrogen) atoms. The van der Waals surface area contributed by atoms with Crippen molar-refractivity contribution in [3.05, 3.63) is 69.3 Å².